The van der Waals surface area contributed by atoms with Crippen molar-refractivity contribution in [1.29, 1.82) is 0 Å². The van der Waals surface area contributed by atoms with E-state index in [2.05, 4.69) is 5.32 Å². The number of fused-ring (bicyclic) bond motifs is 1. The molecule has 1 heterocycles. The summed E-state index contributed by atoms with van der Waals surface area (Å²) in [5.74, 6) is 3.48. The van der Waals surface area contributed by atoms with Crippen molar-refractivity contribution in [2.45, 2.75) is 31.7 Å². The van der Waals surface area contributed by atoms with E-state index in [1.807, 2.05) is 0 Å². The maximum absolute atomic E-state index is 3.62. The second kappa shape index (κ2) is 1.76. The van der Waals surface area contributed by atoms with Gasteiger partial charge in [-0.25, -0.2) is 0 Å². The first kappa shape index (κ1) is 5.59. The first-order valence-electron chi connectivity index (χ1n) is 4.70. The fraction of sp³-hybridized carbons (Fsp3) is 1.00. The van der Waals surface area contributed by atoms with Crippen molar-refractivity contribution in [2.75, 3.05) is 6.54 Å². The van der Waals surface area contributed by atoms with Crippen LogP contribution in [0, 0.1) is 17.8 Å². The molecule has 3 rings (SSSR count). The molecular weight excluding hydrogens is 122 g/mol. The van der Waals surface area contributed by atoms with Gasteiger partial charge < -0.3 is 5.32 Å². The van der Waals surface area contributed by atoms with Gasteiger partial charge in [-0.1, -0.05) is 0 Å². The molecule has 56 valence electrons. The zero-order chi connectivity index (χ0) is 6.55. The van der Waals surface area contributed by atoms with Crippen molar-refractivity contribution >= 4 is 0 Å². The molecule has 3 unspecified atom stereocenters. The second-order valence-corrected chi connectivity index (χ2v) is 4.19. The van der Waals surface area contributed by atoms with Gasteiger partial charge in [0.1, 0.15) is 0 Å². The van der Waals surface area contributed by atoms with E-state index in [-0.39, 0.29) is 0 Å². The van der Waals surface area contributed by atoms with E-state index < -0.39 is 0 Å². The van der Waals surface area contributed by atoms with Gasteiger partial charge in [0.05, 0.1) is 0 Å². The highest BCUT2D eigenvalue weighted by Gasteiger charge is 2.59. The predicted octanol–water partition coefficient (Wildman–Crippen LogP) is 1.39. The molecule has 3 aliphatic rings. The molecule has 1 saturated heterocycles. The Kier molecular flexibility index (Phi) is 0.984. The average molecular weight is 137 g/mol. The number of nitrogens with one attached hydrogen (secondary N) is 1. The topological polar surface area (TPSA) is 12.0 Å². The van der Waals surface area contributed by atoms with Gasteiger partial charge in [0.25, 0.3) is 0 Å². The molecule has 0 amide bonds. The minimum atomic E-state index is 0.942. The van der Waals surface area contributed by atoms with Crippen LogP contribution in [-0.4, -0.2) is 12.6 Å². The summed E-state index contributed by atoms with van der Waals surface area (Å²) in [6.07, 6.45) is 6.00. The van der Waals surface area contributed by atoms with Gasteiger partial charge in [0, 0.05) is 6.04 Å². The average Bonchev–Trinajstić information content (AvgIpc) is 2.35. The van der Waals surface area contributed by atoms with Crippen LogP contribution in [0.4, 0.5) is 0 Å². The van der Waals surface area contributed by atoms with Crippen molar-refractivity contribution in [3.63, 3.8) is 0 Å². The quantitative estimate of drug-likeness (QED) is 0.576. The fourth-order valence-corrected chi connectivity index (χ4v) is 3.05. The summed E-state index contributed by atoms with van der Waals surface area (Å²) in [7, 11) is 0. The summed E-state index contributed by atoms with van der Waals surface area (Å²) < 4.78 is 0. The molecule has 1 N–H and O–H groups in total. The summed E-state index contributed by atoms with van der Waals surface area (Å²) in [6, 6.07) is 0.942. The van der Waals surface area contributed by atoms with Gasteiger partial charge in [-0.3, -0.25) is 0 Å². The van der Waals surface area contributed by atoms with E-state index in [0.717, 1.165) is 12.0 Å². The summed E-state index contributed by atoms with van der Waals surface area (Å²) in [5.41, 5.74) is 0. The maximum atomic E-state index is 3.62. The first-order chi connectivity index (χ1) is 4.97. The van der Waals surface area contributed by atoms with Gasteiger partial charge in [0.2, 0.25) is 0 Å². The van der Waals surface area contributed by atoms with E-state index in [1.54, 1.807) is 12.8 Å². The highest BCUT2D eigenvalue weighted by atomic mass is 15.0. The Balaban J connectivity index is 1.67. The molecule has 0 aromatic heterocycles. The van der Waals surface area contributed by atoms with Crippen LogP contribution in [0.15, 0.2) is 0 Å². The minimum Gasteiger partial charge on any atom is -0.314 e. The smallest absolute Gasteiger partial charge is 0.0101 e. The van der Waals surface area contributed by atoms with Crippen LogP contribution in [0.2, 0.25) is 0 Å². The molecular formula is C9H15N. The third kappa shape index (κ3) is 0.572. The normalized spacial score (nSPS) is 57.6. The Labute approximate surface area is 62.2 Å². The van der Waals surface area contributed by atoms with Gasteiger partial charge in [-0.05, 0) is 50.0 Å². The van der Waals surface area contributed by atoms with Gasteiger partial charge >= 0.3 is 0 Å². The molecule has 1 aliphatic heterocycles. The van der Waals surface area contributed by atoms with E-state index in [4.69, 9.17) is 0 Å². The lowest BCUT2D eigenvalue weighted by molar-refractivity contribution is 0.468. The molecule has 10 heavy (non-hydrogen) atoms. The molecule has 3 fully saturated rings. The number of hydrogen-bond donors (Lipinski definition) is 1. The van der Waals surface area contributed by atoms with Crippen LogP contribution >= 0.6 is 0 Å². The summed E-state index contributed by atoms with van der Waals surface area (Å²) in [4.78, 5) is 0. The molecule has 0 spiro atoms. The molecule has 0 aromatic carbocycles. The molecule has 0 bridgehead atoms. The first-order valence-corrected chi connectivity index (χ1v) is 4.70. The lowest BCUT2D eigenvalue weighted by Gasteiger charge is -2.06. The zero-order valence-electron chi connectivity index (χ0n) is 6.34. The molecule has 0 radical (unpaired) electrons. The van der Waals surface area contributed by atoms with Crippen LogP contribution < -0.4 is 5.32 Å². The number of rotatable bonds is 1. The summed E-state index contributed by atoms with van der Waals surface area (Å²) in [5, 5.41) is 3.62. The lowest BCUT2D eigenvalue weighted by atomic mass is 10.0. The molecule has 0 aromatic rings. The third-order valence-electron chi connectivity index (χ3n) is 3.79. The van der Waals surface area contributed by atoms with Crippen LogP contribution in [-0.2, 0) is 0 Å². The maximum Gasteiger partial charge on any atom is 0.0101 e. The van der Waals surface area contributed by atoms with Crippen LogP contribution in [0.5, 0.6) is 0 Å². The molecule has 1 nitrogen and oxygen atoms in total. The lowest BCUT2D eigenvalue weighted by Crippen LogP contribution is -2.24. The van der Waals surface area contributed by atoms with Crippen molar-refractivity contribution < 1.29 is 0 Å². The van der Waals surface area contributed by atoms with Crippen LogP contribution in [0.25, 0.3) is 0 Å². The van der Waals surface area contributed by atoms with Crippen LogP contribution in [0.1, 0.15) is 25.7 Å². The van der Waals surface area contributed by atoms with Gasteiger partial charge in [0.15, 0.2) is 0 Å². The molecule has 1 heteroatoms. The largest absolute Gasteiger partial charge is 0.314 e. The Bertz CT molecular complexity index is 139. The third-order valence-corrected chi connectivity index (χ3v) is 3.79. The van der Waals surface area contributed by atoms with E-state index in [1.165, 1.54) is 31.2 Å². The molecule has 4 atom stereocenters. The van der Waals surface area contributed by atoms with E-state index in [0.29, 0.717) is 0 Å². The number of hydrogen-bond acceptors (Lipinski definition) is 1. The Morgan fingerprint density at radius 3 is 2.30 bits per heavy atom. The van der Waals surface area contributed by atoms with Crippen LogP contribution in [0.3, 0.4) is 0 Å². The van der Waals surface area contributed by atoms with Gasteiger partial charge in [-0.2, -0.15) is 0 Å². The Morgan fingerprint density at radius 1 is 1.00 bits per heavy atom. The highest BCUT2D eigenvalue weighted by molar-refractivity contribution is 5.10. The second-order valence-electron chi connectivity index (χ2n) is 4.19. The van der Waals surface area contributed by atoms with Crippen molar-refractivity contribution in [3.05, 3.63) is 0 Å². The summed E-state index contributed by atoms with van der Waals surface area (Å²) >= 11 is 0. The van der Waals surface area contributed by atoms with Gasteiger partial charge in [-0.15, -0.1) is 0 Å². The van der Waals surface area contributed by atoms with E-state index >= 15 is 0 Å². The zero-order valence-corrected chi connectivity index (χ0v) is 6.34. The highest BCUT2D eigenvalue weighted by Crippen LogP contribution is 2.63. The Morgan fingerprint density at radius 2 is 1.80 bits per heavy atom. The van der Waals surface area contributed by atoms with Crippen molar-refractivity contribution in [2.24, 2.45) is 17.8 Å². The van der Waals surface area contributed by atoms with Crippen molar-refractivity contribution in [1.82, 2.24) is 5.32 Å². The Hall–Kier alpha value is -0.0400. The van der Waals surface area contributed by atoms with E-state index in [9.17, 15) is 0 Å². The molecule has 2 saturated carbocycles. The predicted molar refractivity (Wildman–Crippen MR) is 40.7 cm³/mol. The standard InChI is InChI=1S/C9H15N/c1-2-8(10-5-1)9-6-3-4-7(6)9/h6-10H,1-5H2/t6-,7?,8?,9?/m0/s1. The summed E-state index contributed by atoms with van der Waals surface area (Å²) in [6.45, 7) is 1.29. The minimum absolute atomic E-state index is 0.942. The monoisotopic (exact) mass is 137 g/mol. The van der Waals surface area contributed by atoms with Crippen molar-refractivity contribution in [3.8, 4) is 0 Å². The fourth-order valence-electron chi connectivity index (χ4n) is 3.05. The SMILES string of the molecule is C1CNC(C2C3CC[C@@H]32)C1. The molecule has 2 aliphatic carbocycles.